The van der Waals surface area contributed by atoms with E-state index in [0.717, 1.165) is 11.1 Å². The third-order valence-electron chi connectivity index (χ3n) is 8.52. The molecule has 12 nitrogen and oxygen atoms in total. The lowest BCUT2D eigenvalue weighted by atomic mass is 9.98. The number of piperidine rings is 1. The highest BCUT2D eigenvalue weighted by Gasteiger charge is 2.37. The van der Waals surface area contributed by atoms with E-state index in [1.54, 1.807) is 0 Å². The number of nitrogens with one attached hydrogen (secondary N) is 3. The van der Waals surface area contributed by atoms with Crippen LogP contribution >= 0.6 is 0 Å². The molecule has 1 saturated heterocycles. The Labute approximate surface area is 283 Å². The fourth-order valence-corrected chi connectivity index (χ4v) is 5.95. The number of amides is 4. The minimum atomic E-state index is -1.07. The lowest BCUT2D eigenvalue weighted by molar-refractivity contribution is -0.153. The van der Waals surface area contributed by atoms with Gasteiger partial charge in [0.1, 0.15) is 24.2 Å². The zero-order chi connectivity index (χ0) is 35.1. The molecule has 0 aliphatic carbocycles. The zero-order valence-corrected chi connectivity index (χ0v) is 28.1. The monoisotopic (exact) mass is 664 g/mol. The van der Waals surface area contributed by atoms with Gasteiger partial charge in [-0.05, 0) is 75.0 Å². The van der Waals surface area contributed by atoms with Gasteiger partial charge in [0.15, 0.2) is 0 Å². The van der Waals surface area contributed by atoms with E-state index in [4.69, 9.17) is 11.5 Å². The second kappa shape index (κ2) is 19.5. The van der Waals surface area contributed by atoms with Crippen LogP contribution in [0.1, 0.15) is 69.9 Å². The van der Waals surface area contributed by atoms with E-state index in [9.17, 15) is 29.1 Å². The number of rotatable bonds is 18. The summed E-state index contributed by atoms with van der Waals surface area (Å²) in [4.78, 5) is 67.9. The minimum absolute atomic E-state index is 0.00705. The maximum absolute atomic E-state index is 13.9. The number of hydrogen-bond donors (Lipinski definition) is 6. The Balaban J connectivity index is 1.80. The molecule has 1 fully saturated rings. The molecule has 0 aromatic heterocycles. The molecule has 262 valence electrons. The van der Waals surface area contributed by atoms with E-state index in [1.165, 1.54) is 4.90 Å². The molecule has 2 aromatic carbocycles. The molecule has 1 aliphatic heterocycles. The van der Waals surface area contributed by atoms with Crippen molar-refractivity contribution in [1.29, 1.82) is 0 Å². The van der Waals surface area contributed by atoms with Crippen molar-refractivity contribution in [1.82, 2.24) is 20.9 Å². The molecular formula is C36H52N6O6. The molecule has 0 spiro atoms. The number of aliphatic carboxylic acids is 1. The summed E-state index contributed by atoms with van der Waals surface area (Å²) < 4.78 is 0. The fourth-order valence-electron chi connectivity index (χ4n) is 5.95. The highest BCUT2D eigenvalue weighted by molar-refractivity contribution is 5.95. The van der Waals surface area contributed by atoms with Crippen LogP contribution in [0.25, 0.3) is 0 Å². The van der Waals surface area contributed by atoms with Gasteiger partial charge in [-0.1, -0.05) is 74.5 Å². The van der Waals surface area contributed by atoms with Crippen molar-refractivity contribution in [3.63, 3.8) is 0 Å². The number of hydrogen-bond acceptors (Lipinski definition) is 7. The summed E-state index contributed by atoms with van der Waals surface area (Å²) in [7, 11) is 0. The quantitative estimate of drug-likeness (QED) is 0.130. The molecule has 8 N–H and O–H groups in total. The van der Waals surface area contributed by atoms with Crippen molar-refractivity contribution >= 4 is 29.6 Å². The van der Waals surface area contributed by atoms with Gasteiger partial charge >= 0.3 is 5.97 Å². The van der Waals surface area contributed by atoms with Crippen LogP contribution in [-0.4, -0.2) is 82.9 Å². The van der Waals surface area contributed by atoms with E-state index in [0.29, 0.717) is 45.2 Å². The first-order chi connectivity index (χ1) is 23.0. The number of carboxylic acids is 1. The van der Waals surface area contributed by atoms with E-state index >= 15 is 0 Å². The smallest absolute Gasteiger partial charge is 0.326 e. The molecule has 0 bridgehead atoms. The van der Waals surface area contributed by atoms with E-state index in [-0.39, 0.29) is 31.6 Å². The number of nitrogens with zero attached hydrogens (tertiary/aromatic N) is 1. The first kappa shape index (κ1) is 38.2. The lowest BCUT2D eigenvalue weighted by Crippen LogP contribution is -2.60. The van der Waals surface area contributed by atoms with Gasteiger partial charge in [-0.15, -0.1) is 0 Å². The number of likely N-dealkylation sites (tertiary alicyclic amines) is 1. The van der Waals surface area contributed by atoms with Crippen molar-refractivity contribution in [2.24, 2.45) is 17.4 Å². The molecule has 1 heterocycles. The number of carbonyl (C=O) groups excluding carboxylic acids is 4. The Morgan fingerprint density at radius 1 is 0.792 bits per heavy atom. The highest BCUT2D eigenvalue weighted by Crippen LogP contribution is 2.20. The Morgan fingerprint density at radius 3 is 1.94 bits per heavy atom. The van der Waals surface area contributed by atoms with Crippen LogP contribution in [0.4, 0.5) is 0 Å². The van der Waals surface area contributed by atoms with E-state index in [1.807, 2.05) is 74.5 Å². The third-order valence-corrected chi connectivity index (χ3v) is 8.52. The van der Waals surface area contributed by atoms with Gasteiger partial charge in [0.25, 0.3) is 0 Å². The van der Waals surface area contributed by atoms with Gasteiger partial charge < -0.3 is 37.4 Å². The van der Waals surface area contributed by atoms with Crippen LogP contribution < -0.4 is 27.4 Å². The zero-order valence-electron chi connectivity index (χ0n) is 28.1. The summed E-state index contributed by atoms with van der Waals surface area (Å²) in [5.41, 5.74) is 13.6. The largest absolute Gasteiger partial charge is 0.480 e. The van der Waals surface area contributed by atoms with Gasteiger partial charge in [-0.25, -0.2) is 4.79 Å². The lowest BCUT2D eigenvalue weighted by Gasteiger charge is -2.36. The number of benzene rings is 2. The molecule has 5 atom stereocenters. The molecule has 1 aliphatic rings. The van der Waals surface area contributed by atoms with Crippen LogP contribution in [0.15, 0.2) is 60.7 Å². The van der Waals surface area contributed by atoms with Crippen molar-refractivity contribution in [2.45, 2.75) is 102 Å². The topological polar surface area (TPSA) is 197 Å². The molecule has 3 rings (SSSR count). The second-order valence-electron chi connectivity index (χ2n) is 13.0. The predicted octanol–water partition coefficient (Wildman–Crippen LogP) is 1.89. The minimum Gasteiger partial charge on any atom is -0.480 e. The first-order valence-electron chi connectivity index (χ1n) is 17.0. The number of carbonyl (C=O) groups is 5. The van der Waals surface area contributed by atoms with E-state index < -0.39 is 59.8 Å². The molecule has 48 heavy (non-hydrogen) atoms. The van der Waals surface area contributed by atoms with E-state index in [2.05, 4.69) is 16.0 Å². The van der Waals surface area contributed by atoms with Gasteiger partial charge in [0.2, 0.25) is 23.6 Å². The highest BCUT2D eigenvalue weighted by atomic mass is 16.4. The SMILES string of the molecule is CC(C)C[C@@H](NC(=O)[C@@H](Cc1ccccc1)NC(=O)[C@H](N)Cc1ccccc1)C(=O)N[C@H](CCCCN)C(=O)N1CCCC[C@H]1C(=O)O. The number of unbranched alkanes of at least 4 members (excludes halogenated alkanes) is 1. The Hall–Kier alpha value is -4.29. The average Bonchev–Trinajstić information content (AvgIpc) is 3.07. The third kappa shape index (κ3) is 12.1. The van der Waals surface area contributed by atoms with Gasteiger partial charge in [-0.3, -0.25) is 19.2 Å². The average molecular weight is 665 g/mol. The molecule has 12 heteroatoms. The van der Waals surface area contributed by atoms with Crippen LogP contribution in [0.3, 0.4) is 0 Å². The summed E-state index contributed by atoms with van der Waals surface area (Å²) in [6.07, 6.45) is 3.89. The Bertz CT molecular complexity index is 1340. The standard InChI is InChI=1S/C36H52N6O6/c1-24(2)21-29(33(44)39-28(17-9-11-19-37)35(46)42-20-12-10-18-31(42)36(47)48)41-34(45)30(23-26-15-7-4-8-16-26)40-32(43)27(38)22-25-13-5-3-6-14-25/h3-8,13-16,24,27-31H,9-12,17-23,37-38H2,1-2H3,(H,39,44)(H,40,43)(H,41,45)(H,47,48)/t27-,28-,29-,30-,31+/m1/s1. The second-order valence-corrected chi connectivity index (χ2v) is 13.0. The van der Waals surface area contributed by atoms with Crippen LogP contribution in [0.2, 0.25) is 0 Å². The Kier molecular flexibility index (Phi) is 15.5. The van der Waals surface area contributed by atoms with Gasteiger partial charge in [0.05, 0.1) is 6.04 Å². The molecule has 4 amide bonds. The van der Waals surface area contributed by atoms with Crippen molar-refractivity contribution in [3.8, 4) is 0 Å². The summed E-state index contributed by atoms with van der Waals surface area (Å²) in [6, 6.07) is 13.7. The summed E-state index contributed by atoms with van der Waals surface area (Å²) in [5.74, 6) is -3.16. The van der Waals surface area contributed by atoms with Crippen LogP contribution in [0, 0.1) is 5.92 Å². The van der Waals surface area contributed by atoms with Gasteiger partial charge in [-0.2, -0.15) is 0 Å². The molecule has 0 radical (unpaired) electrons. The van der Waals surface area contributed by atoms with Crippen molar-refractivity contribution < 1.29 is 29.1 Å². The molecule has 0 saturated carbocycles. The van der Waals surface area contributed by atoms with Crippen LogP contribution in [-0.2, 0) is 36.8 Å². The van der Waals surface area contributed by atoms with Crippen molar-refractivity contribution in [3.05, 3.63) is 71.8 Å². The van der Waals surface area contributed by atoms with Crippen molar-refractivity contribution in [2.75, 3.05) is 13.1 Å². The maximum Gasteiger partial charge on any atom is 0.326 e. The number of nitrogens with two attached hydrogens (primary N) is 2. The summed E-state index contributed by atoms with van der Waals surface area (Å²) in [6.45, 7) is 4.52. The Morgan fingerprint density at radius 2 is 1.35 bits per heavy atom. The predicted molar refractivity (Wildman–Crippen MR) is 183 cm³/mol. The fraction of sp³-hybridized carbons (Fsp3) is 0.528. The van der Waals surface area contributed by atoms with Gasteiger partial charge in [0, 0.05) is 13.0 Å². The molecular weight excluding hydrogens is 612 g/mol. The normalized spacial score (nSPS) is 17.1. The van der Waals surface area contributed by atoms with Crippen LogP contribution in [0.5, 0.6) is 0 Å². The first-order valence-corrected chi connectivity index (χ1v) is 17.0. The molecule has 0 unspecified atom stereocenters. The summed E-state index contributed by atoms with van der Waals surface area (Å²) >= 11 is 0. The maximum atomic E-state index is 13.9. The number of carboxylic acid groups (broad SMARTS) is 1. The molecule has 2 aromatic rings. The summed E-state index contributed by atoms with van der Waals surface area (Å²) in [5, 5.41) is 18.2.